The fourth-order valence-corrected chi connectivity index (χ4v) is 4.79. The quantitative estimate of drug-likeness (QED) is 0.356. The second-order valence-corrected chi connectivity index (χ2v) is 9.69. The number of piperazine rings is 1. The zero-order chi connectivity index (χ0) is 25.8. The van der Waals surface area contributed by atoms with Crippen LogP contribution in [0.15, 0.2) is 58.1 Å². The van der Waals surface area contributed by atoms with Crippen molar-refractivity contribution in [1.82, 2.24) is 14.0 Å². The number of hydrogen-bond donors (Lipinski definition) is 1. The van der Waals surface area contributed by atoms with E-state index in [9.17, 15) is 14.4 Å². The summed E-state index contributed by atoms with van der Waals surface area (Å²) in [5.41, 5.74) is 1.04. The SMILES string of the molecule is Cn1c(N2CCN(CCCNc3ccc(Cl)cc3C(=O)c3ccccc3Cl)CC2)cc(=O)n(C)c1=O. The van der Waals surface area contributed by atoms with Crippen molar-refractivity contribution < 1.29 is 4.79 Å². The molecule has 1 aromatic heterocycles. The topological polar surface area (TPSA) is 79.6 Å². The molecule has 1 aliphatic heterocycles. The molecule has 1 saturated heterocycles. The normalized spacial score (nSPS) is 14.2. The number of rotatable bonds is 8. The highest BCUT2D eigenvalue weighted by atomic mass is 35.5. The molecule has 2 heterocycles. The van der Waals surface area contributed by atoms with Crippen LogP contribution in [-0.4, -0.2) is 59.1 Å². The van der Waals surface area contributed by atoms with Crippen molar-refractivity contribution in [2.45, 2.75) is 6.42 Å². The third kappa shape index (κ3) is 5.67. The van der Waals surface area contributed by atoms with Crippen molar-refractivity contribution >= 4 is 40.5 Å². The van der Waals surface area contributed by atoms with Crippen molar-refractivity contribution in [2.24, 2.45) is 14.1 Å². The maximum atomic E-state index is 13.1. The summed E-state index contributed by atoms with van der Waals surface area (Å²) in [4.78, 5) is 41.9. The van der Waals surface area contributed by atoms with E-state index in [2.05, 4.69) is 15.1 Å². The first kappa shape index (κ1) is 26.0. The lowest BCUT2D eigenvalue weighted by Gasteiger charge is -2.36. The van der Waals surface area contributed by atoms with Crippen LogP contribution in [0.25, 0.3) is 0 Å². The zero-order valence-corrected chi connectivity index (χ0v) is 21.8. The largest absolute Gasteiger partial charge is 0.384 e. The van der Waals surface area contributed by atoms with Crippen molar-refractivity contribution in [3.05, 3.63) is 90.5 Å². The van der Waals surface area contributed by atoms with Crippen LogP contribution in [0.4, 0.5) is 11.5 Å². The van der Waals surface area contributed by atoms with Gasteiger partial charge < -0.3 is 10.2 Å². The fourth-order valence-electron chi connectivity index (χ4n) is 4.40. The van der Waals surface area contributed by atoms with Crippen LogP contribution in [0.1, 0.15) is 22.3 Å². The summed E-state index contributed by atoms with van der Waals surface area (Å²) in [5.74, 6) is 0.481. The summed E-state index contributed by atoms with van der Waals surface area (Å²) in [6, 6.07) is 13.7. The lowest BCUT2D eigenvalue weighted by Crippen LogP contribution is -2.49. The van der Waals surface area contributed by atoms with Crippen molar-refractivity contribution in [2.75, 3.05) is 49.5 Å². The van der Waals surface area contributed by atoms with Gasteiger partial charge in [0.25, 0.3) is 5.56 Å². The summed E-state index contributed by atoms with van der Waals surface area (Å²) >= 11 is 12.4. The molecule has 0 saturated carbocycles. The molecule has 4 rings (SSSR count). The molecule has 8 nitrogen and oxygen atoms in total. The van der Waals surface area contributed by atoms with Gasteiger partial charge in [0.2, 0.25) is 0 Å². The molecular weight excluding hydrogens is 501 g/mol. The number of benzene rings is 2. The molecule has 1 N–H and O–H groups in total. The molecular formula is C26H29Cl2N5O3. The first-order valence-corrected chi connectivity index (χ1v) is 12.6. The van der Waals surface area contributed by atoms with Crippen LogP contribution >= 0.6 is 23.2 Å². The number of aromatic nitrogens is 2. The predicted molar refractivity (Wildman–Crippen MR) is 145 cm³/mol. The van der Waals surface area contributed by atoms with Crippen LogP contribution in [0.3, 0.4) is 0 Å². The van der Waals surface area contributed by atoms with Crippen LogP contribution in [0.2, 0.25) is 10.0 Å². The Bertz CT molecular complexity index is 1380. The second kappa shape index (κ2) is 11.3. The third-order valence-electron chi connectivity index (χ3n) is 6.51. The number of nitrogens with one attached hydrogen (secondary N) is 1. The van der Waals surface area contributed by atoms with Crippen molar-refractivity contribution in [3.8, 4) is 0 Å². The predicted octanol–water partition coefficient (Wildman–Crippen LogP) is 3.25. The highest BCUT2D eigenvalue weighted by molar-refractivity contribution is 6.35. The Hall–Kier alpha value is -3.07. The van der Waals surface area contributed by atoms with Gasteiger partial charge in [-0.3, -0.25) is 23.6 Å². The number of halogens is 2. The Morgan fingerprint density at radius 1 is 0.917 bits per heavy atom. The van der Waals surface area contributed by atoms with Crippen LogP contribution in [0.5, 0.6) is 0 Å². The van der Waals surface area contributed by atoms with Gasteiger partial charge >= 0.3 is 5.69 Å². The number of carbonyl (C=O) groups excluding carboxylic acids is 1. The van der Waals surface area contributed by atoms with Crippen molar-refractivity contribution in [1.29, 1.82) is 0 Å². The molecule has 0 aliphatic carbocycles. The Morgan fingerprint density at radius 2 is 1.64 bits per heavy atom. The molecule has 0 bridgehead atoms. The molecule has 1 aliphatic rings. The monoisotopic (exact) mass is 529 g/mol. The minimum atomic E-state index is -0.319. The summed E-state index contributed by atoms with van der Waals surface area (Å²) in [6.45, 7) is 4.72. The fraction of sp³-hybridized carbons (Fsp3) is 0.346. The van der Waals surface area contributed by atoms with E-state index in [1.54, 1.807) is 43.4 Å². The molecule has 190 valence electrons. The third-order valence-corrected chi connectivity index (χ3v) is 7.07. The average molecular weight is 530 g/mol. The van der Waals surface area contributed by atoms with Gasteiger partial charge in [0.15, 0.2) is 5.78 Å². The first-order valence-electron chi connectivity index (χ1n) is 11.8. The smallest absolute Gasteiger partial charge is 0.332 e. The number of hydrogen-bond acceptors (Lipinski definition) is 6. The molecule has 10 heteroatoms. The highest BCUT2D eigenvalue weighted by Crippen LogP contribution is 2.26. The van der Waals surface area contributed by atoms with Crippen LogP contribution in [-0.2, 0) is 14.1 Å². The molecule has 2 aromatic carbocycles. The Balaban J connectivity index is 1.32. The van der Waals surface area contributed by atoms with Crippen LogP contribution in [0, 0.1) is 0 Å². The van der Waals surface area contributed by atoms with E-state index in [-0.39, 0.29) is 17.0 Å². The van der Waals surface area contributed by atoms with Gasteiger partial charge in [-0.1, -0.05) is 35.3 Å². The Morgan fingerprint density at radius 3 is 2.36 bits per heavy atom. The molecule has 36 heavy (non-hydrogen) atoms. The van der Waals surface area contributed by atoms with Gasteiger partial charge in [-0.15, -0.1) is 0 Å². The lowest BCUT2D eigenvalue weighted by molar-refractivity contribution is 0.103. The molecule has 3 aromatic rings. The summed E-state index contributed by atoms with van der Waals surface area (Å²) < 4.78 is 2.63. The van der Waals surface area contributed by atoms with Crippen molar-refractivity contribution in [3.63, 3.8) is 0 Å². The summed E-state index contributed by atoms with van der Waals surface area (Å²) in [7, 11) is 3.18. The van der Waals surface area contributed by atoms with Gasteiger partial charge in [-0.25, -0.2) is 4.79 Å². The van der Waals surface area contributed by atoms with E-state index < -0.39 is 0 Å². The van der Waals surface area contributed by atoms with E-state index in [0.29, 0.717) is 33.5 Å². The zero-order valence-electron chi connectivity index (χ0n) is 20.3. The molecule has 0 radical (unpaired) electrons. The highest BCUT2D eigenvalue weighted by Gasteiger charge is 2.20. The van der Waals surface area contributed by atoms with E-state index >= 15 is 0 Å². The molecule has 0 unspecified atom stereocenters. The minimum absolute atomic E-state index is 0.174. The van der Waals surface area contributed by atoms with E-state index in [0.717, 1.165) is 49.4 Å². The second-order valence-electron chi connectivity index (χ2n) is 8.85. The standard InChI is InChI=1S/C26H29Cl2N5O3/c1-30-23(17-24(34)31(2)26(30)36)33-14-12-32(13-15-33)11-5-10-29-22-9-8-18(27)16-20(22)25(35)19-6-3-4-7-21(19)28/h3-4,6-9,16-17,29H,5,10-15H2,1-2H3. The summed E-state index contributed by atoms with van der Waals surface area (Å²) in [5, 5.41) is 4.27. The van der Waals surface area contributed by atoms with Gasteiger partial charge in [0.1, 0.15) is 5.82 Å². The van der Waals surface area contributed by atoms with Gasteiger partial charge in [-0.2, -0.15) is 0 Å². The Labute approximate surface area is 219 Å². The van der Waals surface area contributed by atoms with Gasteiger partial charge in [0.05, 0.1) is 5.02 Å². The number of ketones is 1. The molecule has 0 amide bonds. The van der Waals surface area contributed by atoms with Crippen LogP contribution < -0.4 is 21.5 Å². The molecule has 1 fully saturated rings. The molecule has 0 spiro atoms. The van der Waals surface area contributed by atoms with E-state index in [1.165, 1.54) is 17.7 Å². The summed E-state index contributed by atoms with van der Waals surface area (Å²) in [6.07, 6.45) is 0.882. The first-order chi connectivity index (χ1) is 17.3. The van der Waals surface area contributed by atoms with E-state index in [1.807, 2.05) is 6.07 Å². The number of carbonyl (C=O) groups is 1. The molecule has 0 atom stereocenters. The lowest BCUT2D eigenvalue weighted by atomic mass is 10.0. The number of anilines is 2. The Kier molecular flexibility index (Phi) is 8.18. The van der Waals surface area contributed by atoms with E-state index in [4.69, 9.17) is 23.2 Å². The number of nitrogens with zero attached hydrogens (tertiary/aromatic N) is 4. The van der Waals surface area contributed by atoms with Gasteiger partial charge in [0, 0.05) is 74.7 Å². The maximum absolute atomic E-state index is 13.1. The average Bonchev–Trinajstić information content (AvgIpc) is 2.88. The minimum Gasteiger partial charge on any atom is -0.384 e. The van der Waals surface area contributed by atoms with Gasteiger partial charge in [-0.05, 0) is 43.3 Å². The maximum Gasteiger partial charge on any atom is 0.332 e.